The molecule has 0 aliphatic carbocycles. The maximum absolute atomic E-state index is 12.6. The Morgan fingerprint density at radius 2 is 1.89 bits per heavy atom. The van der Waals surface area contributed by atoms with E-state index in [-0.39, 0.29) is 16.7 Å². The normalized spacial score (nSPS) is 17.9. The third-order valence-corrected chi connectivity index (χ3v) is 5.88. The van der Waals surface area contributed by atoms with Gasteiger partial charge < -0.3 is 9.72 Å². The topological polar surface area (TPSA) is 84.1 Å². The molecule has 3 aromatic rings. The zero-order valence-corrected chi connectivity index (χ0v) is 15.3. The van der Waals surface area contributed by atoms with Gasteiger partial charge in [-0.2, -0.15) is 13.2 Å². The number of ether oxygens (including phenoxy) is 1. The summed E-state index contributed by atoms with van der Waals surface area (Å²) in [6.07, 6.45) is -2.80. The van der Waals surface area contributed by atoms with Gasteiger partial charge in [0.25, 0.3) is 10.0 Å². The van der Waals surface area contributed by atoms with Crippen molar-refractivity contribution in [3.63, 3.8) is 0 Å². The molecular formula is C18H16F3N3O3S. The van der Waals surface area contributed by atoms with Crippen LogP contribution >= 0.6 is 0 Å². The highest BCUT2D eigenvalue weighted by Crippen LogP contribution is 2.31. The van der Waals surface area contributed by atoms with Crippen LogP contribution in [0.1, 0.15) is 30.3 Å². The smallest absolute Gasteiger partial charge is 0.370 e. The van der Waals surface area contributed by atoms with Crippen molar-refractivity contribution in [2.45, 2.75) is 30.0 Å². The van der Waals surface area contributed by atoms with Gasteiger partial charge in [-0.05, 0) is 55.3 Å². The number of aromatic nitrogens is 2. The summed E-state index contributed by atoms with van der Waals surface area (Å²) in [4.78, 5) is 7.33. The number of rotatable bonds is 4. The highest BCUT2D eigenvalue weighted by molar-refractivity contribution is 7.92. The molecule has 1 aromatic heterocycles. The lowest BCUT2D eigenvalue weighted by molar-refractivity contribution is -0.137. The zero-order valence-electron chi connectivity index (χ0n) is 14.5. The van der Waals surface area contributed by atoms with Crippen LogP contribution in [0.4, 0.5) is 18.9 Å². The number of sulfonamides is 1. The molecule has 0 saturated carbocycles. The van der Waals surface area contributed by atoms with Crippen LogP contribution in [-0.4, -0.2) is 25.0 Å². The van der Waals surface area contributed by atoms with E-state index in [1.165, 1.54) is 0 Å². The molecule has 4 rings (SSSR count). The quantitative estimate of drug-likeness (QED) is 0.673. The van der Waals surface area contributed by atoms with E-state index in [2.05, 4.69) is 14.7 Å². The van der Waals surface area contributed by atoms with Crippen molar-refractivity contribution in [1.82, 2.24) is 9.97 Å². The van der Waals surface area contributed by atoms with Crippen LogP contribution in [0.25, 0.3) is 11.0 Å². The van der Waals surface area contributed by atoms with Crippen molar-refractivity contribution in [1.29, 1.82) is 0 Å². The molecule has 0 bridgehead atoms. The summed E-state index contributed by atoms with van der Waals surface area (Å²) >= 11 is 0. The van der Waals surface area contributed by atoms with Gasteiger partial charge in [0.2, 0.25) is 0 Å². The molecule has 10 heteroatoms. The fourth-order valence-electron chi connectivity index (χ4n) is 3.08. The first-order valence-electron chi connectivity index (χ1n) is 8.54. The number of anilines is 1. The molecule has 2 heterocycles. The lowest BCUT2D eigenvalue weighted by Crippen LogP contribution is -2.13. The van der Waals surface area contributed by atoms with E-state index in [0.717, 1.165) is 37.1 Å². The average molecular weight is 411 g/mol. The molecule has 1 saturated heterocycles. The van der Waals surface area contributed by atoms with Crippen LogP contribution < -0.4 is 4.72 Å². The molecule has 0 amide bonds. The molecule has 6 nitrogen and oxygen atoms in total. The van der Waals surface area contributed by atoms with Gasteiger partial charge in [0, 0.05) is 6.61 Å². The standard InChI is InChI=1S/C18H16F3N3O3S/c19-18(20,21)11-3-6-13(7-4-11)28(25,26)24-12-5-8-14-15(10-12)23-17(22-14)16-2-1-9-27-16/h3-8,10,16,24H,1-2,9H2,(H,22,23). The number of aromatic amines is 1. The van der Waals surface area contributed by atoms with E-state index < -0.39 is 21.8 Å². The molecule has 2 N–H and O–H groups in total. The zero-order chi connectivity index (χ0) is 19.9. The summed E-state index contributed by atoms with van der Waals surface area (Å²) in [5.74, 6) is 0.690. The molecule has 0 radical (unpaired) electrons. The first-order valence-corrected chi connectivity index (χ1v) is 10.0. The van der Waals surface area contributed by atoms with Gasteiger partial charge in [-0.15, -0.1) is 0 Å². The van der Waals surface area contributed by atoms with Crippen molar-refractivity contribution in [2.75, 3.05) is 11.3 Å². The molecule has 2 aromatic carbocycles. The van der Waals surface area contributed by atoms with Gasteiger partial charge in [-0.3, -0.25) is 4.72 Å². The monoisotopic (exact) mass is 411 g/mol. The number of nitrogens with zero attached hydrogens (tertiary/aromatic N) is 1. The van der Waals surface area contributed by atoms with Gasteiger partial charge in [0.05, 0.1) is 27.2 Å². The lowest BCUT2D eigenvalue weighted by atomic mass is 10.2. The minimum atomic E-state index is -4.53. The van der Waals surface area contributed by atoms with Gasteiger partial charge in [0.15, 0.2) is 0 Å². The van der Waals surface area contributed by atoms with E-state index in [4.69, 9.17) is 4.74 Å². The predicted octanol–water partition coefficient (Wildman–Crippen LogP) is 4.23. The maximum atomic E-state index is 12.6. The van der Waals surface area contributed by atoms with E-state index in [9.17, 15) is 21.6 Å². The number of fused-ring (bicyclic) bond motifs is 1. The molecule has 28 heavy (non-hydrogen) atoms. The Hall–Kier alpha value is -2.59. The summed E-state index contributed by atoms with van der Waals surface area (Å²) in [6, 6.07) is 8.12. The van der Waals surface area contributed by atoms with Crippen molar-refractivity contribution >= 4 is 26.7 Å². The summed E-state index contributed by atoms with van der Waals surface area (Å²) in [7, 11) is -4.03. The average Bonchev–Trinajstić information content (AvgIpc) is 3.30. The predicted molar refractivity (Wildman–Crippen MR) is 96.3 cm³/mol. The first kappa shape index (κ1) is 18.8. The third-order valence-electron chi connectivity index (χ3n) is 4.48. The number of hydrogen-bond acceptors (Lipinski definition) is 4. The van der Waals surface area contributed by atoms with Gasteiger partial charge >= 0.3 is 6.18 Å². The summed E-state index contributed by atoms with van der Waals surface area (Å²) < 4.78 is 70.8. The van der Waals surface area contributed by atoms with Gasteiger partial charge in [0.1, 0.15) is 11.9 Å². The van der Waals surface area contributed by atoms with Crippen molar-refractivity contribution in [3.8, 4) is 0 Å². The second-order valence-corrected chi connectivity index (χ2v) is 8.17. The van der Waals surface area contributed by atoms with Crippen molar-refractivity contribution in [3.05, 3.63) is 53.9 Å². The Morgan fingerprint density at radius 3 is 2.54 bits per heavy atom. The fraction of sp³-hybridized carbons (Fsp3) is 0.278. The summed E-state index contributed by atoms with van der Waals surface area (Å²) in [5, 5.41) is 0. The largest absolute Gasteiger partial charge is 0.416 e. The highest BCUT2D eigenvalue weighted by atomic mass is 32.2. The molecule has 1 aliphatic heterocycles. The van der Waals surface area contributed by atoms with E-state index >= 15 is 0 Å². The molecule has 1 atom stereocenters. The molecule has 148 valence electrons. The van der Waals surface area contributed by atoms with Crippen LogP contribution in [0, 0.1) is 0 Å². The molecule has 0 spiro atoms. The van der Waals surface area contributed by atoms with Crippen LogP contribution in [0.15, 0.2) is 47.4 Å². The van der Waals surface area contributed by atoms with Gasteiger partial charge in [-0.25, -0.2) is 13.4 Å². The van der Waals surface area contributed by atoms with Crippen molar-refractivity contribution < 1.29 is 26.3 Å². The second kappa shape index (κ2) is 6.78. The number of alkyl halides is 3. The Bertz CT molecular complexity index is 1100. The molecule has 1 fully saturated rings. The number of benzene rings is 2. The molecular weight excluding hydrogens is 395 g/mol. The first-order chi connectivity index (χ1) is 13.2. The number of H-pyrrole nitrogens is 1. The van der Waals surface area contributed by atoms with Crippen LogP contribution in [0.5, 0.6) is 0 Å². The minimum absolute atomic E-state index is 0.0975. The van der Waals surface area contributed by atoms with Crippen LogP contribution in [0.3, 0.4) is 0 Å². The minimum Gasteiger partial charge on any atom is -0.370 e. The SMILES string of the molecule is O=S(=O)(Nc1ccc2nc(C3CCCO3)[nH]c2c1)c1ccc(C(F)(F)F)cc1. The van der Waals surface area contributed by atoms with Gasteiger partial charge in [-0.1, -0.05) is 0 Å². The Kier molecular flexibility index (Phi) is 4.54. The van der Waals surface area contributed by atoms with E-state index in [1.54, 1.807) is 18.2 Å². The maximum Gasteiger partial charge on any atom is 0.416 e. The number of nitrogens with one attached hydrogen (secondary N) is 2. The third kappa shape index (κ3) is 3.69. The van der Waals surface area contributed by atoms with E-state index in [0.29, 0.717) is 23.5 Å². The highest BCUT2D eigenvalue weighted by Gasteiger charge is 2.30. The van der Waals surface area contributed by atoms with Crippen LogP contribution in [0.2, 0.25) is 0 Å². The molecule has 1 aliphatic rings. The van der Waals surface area contributed by atoms with Crippen LogP contribution in [-0.2, 0) is 20.9 Å². The Balaban J connectivity index is 1.57. The lowest BCUT2D eigenvalue weighted by Gasteiger charge is -2.10. The van der Waals surface area contributed by atoms with Crippen molar-refractivity contribution in [2.24, 2.45) is 0 Å². The number of halogens is 3. The number of imidazole rings is 1. The van der Waals surface area contributed by atoms with E-state index in [1.807, 2.05) is 0 Å². The second-order valence-electron chi connectivity index (χ2n) is 6.48. The summed E-state index contributed by atoms with van der Waals surface area (Å²) in [5.41, 5.74) is 0.669. The Labute approximate surface area is 158 Å². The molecule has 1 unspecified atom stereocenters. The number of hydrogen-bond donors (Lipinski definition) is 2. The fourth-order valence-corrected chi connectivity index (χ4v) is 4.13. The Morgan fingerprint density at radius 1 is 1.14 bits per heavy atom. The summed E-state index contributed by atoms with van der Waals surface area (Å²) in [6.45, 7) is 0.680.